The lowest BCUT2D eigenvalue weighted by molar-refractivity contribution is -0.142. The lowest BCUT2D eigenvalue weighted by Gasteiger charge is -2.30. The van der Waals surface area contributed by atoms with Crippen LogP contribution in [0.5, 0.6) is 0 Å². The van der Waals surface area contributed by atoms with Gasteiger partial charge in [-0.2, -0.15) is 10.2 Å². The van der Waals surface area contributed by atoms with Crippen LogP contribution in [0.1, 0.15) is 34.5 Å². The molecule has 0 spiro atoms. The van der Waals surface area contributed by atoms with E-state index in [1.54, 1.807) is 11.8 Å². The molecular formula is C17H23N7O2. The summed E-state index contributed by atoms with van der Waals surface area (Å²) in [5, 5.41) is 9.68. The third-order valence-electron chi connectivity index (χ3n) is 5.16. The molecule has 0 radical (unpaired) electrons. The maximum atomic E-state index is 11.7. The Bertz CT molecular complexity index is 840. The molecule has 1 aliphatic heterocycles. The number of nitrogens with one attached hydrogen (secondary N) is 1. The molecule has 0 bridgehead atoms. The van der Waals surface area contributed by atoms with Crippen LogP contribution in [0.2, 0.25) is 0 Å². The fourth-order valence-corrected chi connectivity index (χ4v) is 3.79. The van der Waals surface area contributed by atoms with Crippen molar-refractivity contribution >= 4 is 11.9 Å². The Morgan fingerprint density at radius 3 is 2.81 bits per heavy atom. The van der Waals surface area contributed by atoms with Crippen LogP contribution >= 0.6 is 0 Å². The number of rotatable bonds is 4. The number of hydrogen-bond acceptors (Lipinski definition) is 7. The summed E-state index contributed by atoms with van der Waals surface area (Å²) in [7, 11) is 3.52. The van der Waals surface area contributed by atoms with Crippen molar-refractivity contribution in [1.29, 1.82) is 0 Å². The molecule has 2 aliphatic rings. The van der Waals surface area contributed by atoms with Crippen molar-refractivity contribution in [2.75, 3.05) is 25.5 Å². The number of piperidine rings is 1. The number of aromatic nitrogens is 4. The van der Waals surface area contributed by atoms with E-state index < -0.39 is 5.91 Å². The number of carbonyl (C=O) groups is 1. The van der Waals surface area contributed by atoms with Gasteiger partial charge in [-0.25, -0.2) is 9.97 Å². The first kappa shape index (κ1) is 16.9. The van der Waals surface area contributed by atoms with Gasteiger partial charge in [-0.15, -0.1) is 0 Å². The van der Waals surface area contributed by atoms with Gasteiger partial charge < -0.3 is 15.9 Å². The molecule has 4 rings (SSSR count). The monoisotopic (exact) mass is 357 g/mol. The van der Waals surface area contributed by atoms with E-state index in [1.165, 1.54) is 0 Å². The first-order chi connectivity index (χ1) is 12.6. The second kappa shape index (κ2) is 6.65. The van der Waals surface area contributed by atoms with Crippen molar-refractivity contribution in [2.45, 2.75) is 31.7 Å². The number of nitrogens with zero attached hydrogens (tertiary/aromatic N) is 5. The molecule has 1 aliphatic carbocycles. The number of nitrogens with two attached hydrogens (primary N) is 1. The van der Waals surface area contributed by atoms with Crippen molar-refractivity contribution in [2.24, 2.45) is 12.8 Å². The Hall–Kier alpha value is -2.52. The summed E-state index contributed by atoms with van der Waals surface area (Å²) in [5.41, 5.74) is 9.46. The van der Waals surface area contributed by atoms with Crippen LogP contribution in [-0.2, 0) is 24.7 Å². The van der Waals surface area contributed by atoms with Gasteiger partial charge in [0.05, 0.1) is 18.5 Å². The minimum atomic E-state index is -0.498. The van der Waals surface area contributed by atoms with E-state index in [4.69, 9.17) is 15.6 Å². The van der Waals surface area contributed by atoms with Crippen molar-refractivity contribution in [3.05, 3.63) is 23.0 Å². The van der Waals surface area contributed by atoms with E-state index in [0.717, 1.165) is 61.3 Å². The quantitative estimate of drug-likeness (QED) is 0.820. The summed E-state index contributed by atoms with van der Waals surface area (Å²) < 4.78 is 1.70. The van der Waals surface area contributed by atoms with Gasteiger partial charge in [0.25, 0.3) is 5.91 Å². The SMILES string of the molecule is CON1CCC(Nc2ncc3c(n2)-c2c(c(C(N)=O)nn2C)CC3)CC1. The van der Waals surface area contributed by atoms with Crippen LogP contribution in [0.25, 0.3) is 11.4 Å². The first-order valence-corrected chi connectivity index (χ1v) is 8.84. The van der Waals surface area contributed by atoms with Gasteiger partial charge in [0.1, 0.15) is 0 Å². The van der Waals surface area contributed by atoms with Gasteiger partial charge in [-0.05, 0) is 31.2 Å². The molecular weight excluding hydrogens is 334 g/mol. The molecule has 1 amide bonds. The fourth-order valence-electron chi connectivity index (χ4n) is 3.79. The normalized spacial score (nSPS) is 17.6. The van der Waals surface area contributed by atoms with Crippen LogP contribution in [0, 0.1) is 0 Å². The number of anilines is 1. The van der Waals surface area contributed by atoms with Crippen molar-refractivity contribution in [1.82, 2.24) is 24.8 Å². The molecule has 0 unspecified atom stereocenters. The molecule has 1 fully saturated rings. The topological polar surface area (TPSA) is 111 Å². The minimum Gasteiger partial charge on any atom is -0.364 e. The average Bonchev–Trinajstić information content (AvgIpc) is 3.00. The van der Waals surface area contributed by atoms with Crippen LogP contribution < -0.4 is 11.1 Å². The fraction of sp³-hybridized carbons (Fsp3) is 0.529. The highest BCUT2D eigenvalue weighted by Crippen LogP contribution is 2.33. The first-order valence-electron chi connectivity index (χ1n) is 8.84. The predicted molar refractivity (Wildman–Crippen MR) is 95.4 cm³/mol. The number of hydroxylamine groups is 2. The van der Waals surface area contributed by atoms with E-state index >= 15 is 0 Å². The molecule has 0 saturated carbocycles. The van der Waals surface area contributed by atoms with Crippen LogP contribution in [0.4, 0.5) is 5.95 Å². The van der Waals surface area contributed by atoms with E-state index in [9.17, 15) is 4.79 Å². The van der Waals surface area contributed by atoms with Gasteiger partial charge in [0.15, 0.2) is 5.69 Å². The average molecular weight is 357 g/mol. The van der Waals surface area contributed by atoms with Crippen molar-refractivity contribution in [3.63, 3.8) is 0 Å². The number of hydrogen-bond donors (Lipinski definition) is 2. The number of aryl methyl sites for hydroxylation is 2. The zero-order valence-corrected chi connectivity index (χ0v) is 15.0. The zero-order chi connectivity index (χ0) is 18.3. The van der Waals surface area contributed by atoms with E-state index in [-0.39, 0.29) is 0 Å². The lowest BCUT2D eigenvalue weighted by Crippen LogP contribution is -2.38. The molecule has 2 aromatic heterocycles. The van der Waals surface area contributed by atoms with Crippen LogP contribution in [-0.4, -0.2) is 57.0 Å². The van der Waals surface area contributed by atoms with Gasteiger partial charge >= 0.3 is 0 Å². The van der Waals surface area contributed by atoms with E-state index in [1.807, 2.05) is 18.3 Å². The van der Waals surface area contributed by atoms with E-state index in [0.29, 0.717) is 17.7 Å². The van der Waals surface area contributed by atoms with Crippen LogP contribution in [0.3, 0.4) is 0 Å². The van der Waals surface area contributed by atoms with Crippen LogP contribution in [0.15, 0.2) is 6.20 Å². The minimum absolute atomic E-state index is 0.315. The Kier molecular flexibility index (Phi) is 4.33. The smallest absolute Gasteiger partial charge is 0.269 e. The van der Waals surface area contributed by atoms with E-state index in [2.05, 4.69) is 15.4 Å². The molecule has 3 heterocycles. The summed E-state index contributed by atoms with van der Waals surface area (Å²) >= 11 is 0. The Labute approximate surface area is 151 Å². The molecule has 0 aromatic carbocycles. The Morgan fingerprint density at radius 2 is 2.12 bits per heavy atom. The lowest BCUT2D eigenvalue weighted by atomic mass is 9.93. The summed E-state index contributed by atoms with van der Waals surface area (Å²) in [6.07, 6.45) is 5.31. The third-order valence-corrected chi connectivity index (χ3v) is 5.16. The van der Waals surface area contributed by atoms with Gasteiger partial charge in [0, 0.05) is 37.9 Å². The third kappa shape index (κ3) is 2.93. The molecule has 9 heteroatoms. The largest absolute Gasteiger partial charge is 0.364 e. The molecule has 2 aromatic rings. The standard InChI is InChI=1S/C17H23N7O2/c1-23-15-12(14(22-23)16(18)25)4-3-10-9-19-17(21-13(10)15)20-11-5-7-24(26-2)8-6-11/h9,11H,3-8H2,1-2H3,(H2,18,25)(H,19,20,21). The Morgan fingerprint density at radius 1 is 1.35 bits per heavy atom. The highest BCUT2D eigenvalue weighted by molar-refractivity contribution is 5.94. The maximum Gasteiger partial charge on any atom is 0.269 e. The Balaban J connectivity index is 1.61. The number of primary amides is 1. The number of carbonyl (C=O) groups excluding carboxylic acids is 1. The molecule has 3 N–H and O–H groups in total. The van der Waals surface area contributed by atoms with Gasteiger partial charge in [-0.1, -0.05) is 0 Å². The predicted octanol–water partition coefficient (Wildman–Crippen LogP) is 0.512. The summed E-state index contributed by atoms with van der Waals surface area (Å²) in [6, 6.07) is 0.315. The molecule has 138 valence electrons. The van der Waals surface area contributed by atoms with Crippen molar-refractivity contribution < 1.29 is 9.63 Å². The highest BCUT2D eigenvalue weighted by Gasteiger charge is 2.28. The second-order valence-electron chi connectivity index (χ2n) is 6.76. The van der Waals surface area contributed by atoms with Gasteiger partial charge in [0.2, 0.25) is 5.95 Å². The zero-order valence-electron chi connectivity index (χ0n) is 15.0. The number of fused-ring (bicyclic) bond motifs is 3. The number of amides is 1. The summed E-state index contributed by atoms with van der Waals surface area (Å²) in [4.78, 5) is 26.2. The summed E-state index contributed by atoms with van der Waals surface area (Å²) in [5.74, 6) is 0.108. The maximum absolute atomic E-state index is 11.7. The molecule has 9 nitrogen and oxygen atoms in total. The molecule has 0 atom stereocenters. The van der Waals surface area contributed by atoms with Gasteiger partial charge in [-0.3, -0.25) is 9.48 Å². The highest BCUT2D eigenvalue weighted by atomic mass is 16.7. The second-order valence-corrected chi connectivity index (χ2v) is 6.76. The van der Waals surface area contributed by atoms with Crippen molar-refractivity contribution in [3.8, 4) is 11.4 Å². The molecule has 26 heavy (non-hydrogen) atoms. The molecule has 1 saturated heterocycles. The summed E-state index contributed by atoms with van der Waals surface area (Å²) in [6.45, 7) is 1.76.